The van der Waals surface area contributed by atoms with Crippen LogP contribution in [0.5, 0.6) is 5.75 Å². The Morgan fingerprint density at radius 3 is 2.55 bits per heavy atom. The van der Waals surface area contributed by atoms with Gasteiger partial charge in [0.05, 0.1) is 19.8 Å². The molecule has 0 spiro atoms. The number of halogens is 1. The third-order valence-electron chi connectivity index (χ3n) is 2.76. The summed E-state index contributed by atoms with van der Waals surface area (Å²) in [4.78, 5) is 0. The van der Waals surface area contributed by atoms with Crippen LogP contribution in [-0.4, -0.2) is 39.6 Å². The fraction of sp³-hybridized carbons (Fsp3) is 0.600. The third kappa shape index (κ3) is 6.22. The van der Waals surface area contributed by atoms with Crippen molar-refractivity contribution in [2.24, 2.45) is 5.73 Å². The van der Waals surface area contributed by atoms with Crippen LogP contribution in [0, 0.1) is 6.92 Å². The molecule has 0 saturated heterocycles. The highest BCUT2D eigenvalue weighted by Crippen LogP contribution is 2.29. The van der Waals surface area contributed by atoms with Gasteiger partial charge in [-0.25, -0.2) is 0 Å². The van der Waals surface area contributed by atoms with Gasteiger partial charge < -0.3 is 19.9 Å². The minimum absolute atomic E-state index is 0.101. The van der Waals surface area contributed by atoms with Crippen molar-refractivity contribution in [3.63, 3.8) is 0 Å². The number of nitrogens with two attached hydrogens (primary N) is 1. The zero-order valence-corrected chi connectivity index (χ0v) is 14.0. The Balaban J connectivity index is 2.58. The van der Waals surface area contributed by atoms with E-state index in [0.717, 1.165) is 27.8 Å². The van der Waals surface area contributed by atoms with Gasteiger partial charge in [-0.15, -0.1) is 0 Å². The fourth-order valence-electron chi connectivity index (χ4n) is 1.95. The van der Waals surface area contributed by atoms with Gasteiger partial charge in [0.2, 0.25) is 0 Å². The van der Waals surface area contributed by atoms with Gasteiger partial charge in [0.1, 0.15) is 12.4 Å². The number of hydrogen-bond acceptors (Lipinski definition) is 4. The molecule has 20 heavy (non-hydrogen) atoms. The second-order valence-corrected chi connectivity index (χ2v) is 5.76. The molecular weight excluding hydrogens is 322 g/mol. The summed E-state index contributed by atoms with van der Waals surface area (Å²) in [6, 6.07) is 4.22. The van der Waals surface area contributed by atoms with Crippen LogP contribution in [0.15, 0.2) is 16.6 Å². The van der Waals surface area contributed by atoms with E-state index in [1.165, 1.54) is 0 Å². The molecule has 0 aliphatic heterocycles. The van der Waals surface area contributed by atoms with Crippen molar-refractivity contribution in [1.29, 1.82) is 0 Å². The smallest absolute Gasteiger partial charge is 0.125 e. The number of methoxy groups -OCH3 is 1. The largest absolute Gasteiger partial charge is 0.491 e. The molecule has 0 radical (unpaired) electrons. The average molecular weight is 346 g/mol. The number of rotatable bonds is 9. The number of hydrogen-bond donors (Lipinski definition) is 1. The van der Waals surface area contributed by atoms with Gasteiger partial charge >= 0.3 is 0 Å². The molecule has 0 saturated carbocycles. The van der Waals surface area contributed by atoms with Gasteiger partial charge in [0, 0.05) is 17.6 Å². The van der Waals surface area contributed by atoms with E-state index in [2.05, 4.69) is 22.0 Å². The minimum Gasteiger partial charge on any atom is -0.491 e. The van der Waals surface area contributed by atoms with Crippen LogP contribution < -0.4 is 10.5 Å². The van der Waals surface area contributed by atoms with Gasteiger partial charge in [-0.05, 0) is 43.5 Å². The van der Waals surface area contributed by atoms with Crippen LogP contribution in [0.2, 0.25) is 0 Å². The van der Waals surface area contributed by atoms with Crippen LogP contribution in [0.4, 0.5) is 0 Å². The first-order chi connectivity index (χ1) is 9.54. The van der Waals surface area contributed by atoms with Crippen LogP contribution in [0.3, 0.4) is 0 Å². The number of ether oxygens (including phenoxy) is 3. The fourth-order valence-corrected chi connectivity index (χ4v) is 2.57. The molecular formula is C15H24BrNO3. The lowest BCUT2D eigenvalue weighted by Gasteiger charge is -2.16. The second kappa shape index (κ2) is 9.34. The molecule has 0 amide bonds. The average Bonchev–Trinajstić information content (AvgIpc) is 2.35. The predicted molar refractivity (Wildman–Crippen MR) is 84.4 cm³/mol. The topological polar surface area (TPSA) is 53.7 Å². The maximum absolute atomic E-state index is 5.89. The molecule has 0 aliphatic carbocycles. The molecule has 4 nitrogen and oxygen atoms in total. The van der Waals surface area contributed by atoms with Crippen LogP contribution in [-0.2, 0) is 15.9 Å². The molecule has 1 rings (SSSR count). The lowest BCUT2D eigenvalue weighted by molar-refractivity contribution is 0.0541. The van der Waals surface area contributed by atoms with Crippen LogP contribution >= 0.6 is 15.9 Å². The van der Waals surface area contributed by atoms with Crippen LogP contribution in [0.1, 0.15) is 18.1 Å². The van der Waals surface area contributed by atoms with Gasteiger partial charge in [-0.1, -0.05) is 15.9 Å². The highest BCUT2D eigenvalue weighted by molar-refractivity contribution is 9.10. The standard InChI is InChI=1S/C15H24BrNO3/c1-11-8-14(16)10-13(9-12(2)17)15(11)20-7-6-19-5-4-18-3/h8,10,12H,4-7,9,17H2,1-3H3. The zero-order chi connectivity index (χ0) is 15.0. The predicted octanol–water partition coefficient (Wildman–Crippen LogP) is 2.69. The summed E-state index contributed by atoms with van der Waals surface area (Å²) in [5.74, 6) is 0.917. The number of aryl methyl sites for hydroxylation is 1. The molecule has 5 heteroatoms. The summed E-state index contributed by atoms with van der Waals surface area (Å²) in [5, 5.41) is 0. The third-order valence-corrected chi connectivity index (χ3v) is 3.22. The molecule has 114 valence electrons. The van der Waals surface area contributed by atoms with Crippen molar-refractivity contribution in [1.82, 2.24) is 0 Å². The Morgan fingerprint density at radius 1 is 1.20 bits per heavy atom. The summed E-state index contributed by atoms with van der Waals surface area (Å²) in [7, 11) is 1.66. The number of benzene rings is 1. The van der Waals surface area contributed by atoms with Gasteiger partial charge in [0.15, 0.2) is 0 Å². The molecule has 0 heterocycles. The lowest BCUT2D eigenvalue weighted by atomic mass is 10.0. The van der Waals surface area contributed by atoms with E-state index >= 15 is 0 Å². The first kappa shape index (κ1) is 17.4. The summed E-state index contributed by atoms with van der Waals surface area (Å²) in [5.41, 5.74) is 8.13. The van der Waals surface area contributed by atoms with E-state index in [9.17, 15) is 0 Å². The Bertz CT molecular complexity index is 410. The van der Waals surface area contributed by atoms with Crippen molar-refractivity contribution in [3.8, 4) is 5.75 Å². The minimum atomic E-state index is 0.101. The van der Waals surface area contributed by atoms with Crippen LogP contribution in [0.25, 0.3) is 0 Å². The van der Waals surface area contributed by atoms with E-state index in [4.69, 9.17) is 19.9 Å². The lowest BCUT2D eigenvalue weighted by Crippen LogP contribution is -2.19. The first-order valence-corrected chi connectivity index (χ1v) is 7.58. The molecule has 1 unspecified atom stereocenters. The van der Waals surface area contributed by atoms with E-state index in [-0.39, 0.29) is 6.04 Å². The molecule has 1 aromatic carbocycles. The molecule has 0 aromatic heterocycles. The van der Waals surface area contributed by atoms with Crippen molar-refractivity contribution in [3.05, 3.63) is 27.7 Å². The summed E-state index contributed by atoms with van der Waals surface area (Å²) < 4.78 is 17.2. The Labute approximate surface area is 129 Å². The maximum atomic E-state index is 5.89. The Kier molecular flexibility index (Phi) is 8.14. The monoisotopic (exact) mass is 345 g/mol. The maximum Gasteiger partial charge on any atom is 0.125 e. The van der Waals surface area contributed by atoms with Gasteiger partial charge in [-0.2, -0.15) is 0 Å². The van der Waals surface area contributed by atoms with Gasteiger partial charge in [0.25, 0.3) is 0 Å². The molecule has 0 fully saturated rings. The second-order valence-electron chi connectivity index (χ2n) is 4.85. The van der Waals surface area contributed by atoms with E-state index in [1.807, 2.05) is 19.9 Å². The normalized spacial score (nSPS) is 12.4. The molecule has 2 N–H and O–H groups in total. The van der Waals surface area contributed by atoms with Crippen molar-refractivity contribution >= 4 is 15.9 Å². The van der Waals surface area contributed by atoms with E-state index in [1.54, 1.807) is 7.11 Å². The Hall–Kier alpha value is -0.620. The highest BCUT2D eigenvalue weighted by atomic mass is 79.9. The first-order valence-electron chi connectivity index (χ1n) is 6.78. The van der Waals surface area contributed by atoms with Gasteiger partial charge in [-0.3, -0.25) is 0 Å². The summed E-state index contributed by atoms with van der Waals surface area (Å²) >= 11 is 3.51. The molecule has 1 aromatic rings. The zero-order valence-electron chi connectivity index (χ0n) is 12.4. The summed E-state index contributed by atoms with van der Waals surface area (Å²) in [6.07, 6.45) is 0.792. The van der Waals surface area contributed by atoms with Crippen molar-refractivity contribution < 1.29 is 14.2 Å². The SMILES string of the molecule is COCCOCCOc1c(C)cc(Br)cc1CC(C)N. The summed E-state index contributed by atoms with van der Waals surface area (Å²) in [6.45, 7) is 6.30. The Morgan fingerprint density at radius 2 is 1.90 bits per heavy atom. The quantitative estimate of drug-likeness (QED) is 0.699. The highest BCUT2D eigenvalue weighted by Gasteiger charge is 2.11. The van der Waals surface area contributed by atoms with E-state index < -0.39 is 0 Å². The van der Waals surface area contributed by atoms with Crippen molar-refractivity contribution in [2.45, 2.75) is 26.3 Å². The molecule has 1 atom stereocenters. The van der Waals surface area contributed by atoms with Crippen molar-refractivity contribution in [2.75, 3.05) is 33.5 Å². The molecule has 0 aliphatic rings. The molecule has 0 bridgehead atoms. The van der Waals surface area contributed by atoms with E-state index in [0.29, 0.717) is 26.4 Å².